The molecule has 5 heteroatoms. The zero-order valence-electron chi connectivity index (χ0n) is 23.5. The summed E-state index contributed by atoms with van der Waals surface area (Å²) in [7, 11) is 13.5. The smallest absolute Gasteiger partial charge is 0.0780 e. The fourth-order valence-electron chi connectivity index (χ4n) is 3.47. The lowest BCUT2D eigenvalue weighted by molar-refractivity contribution is -0.870. The first-order valence-corrected chi connectivity index (χ1v) is 12.7. The topological polar surface area (TPSA) is 63.2 Å². The van der Waals surface area contributed by atoms with Gasteiger partial charge in [-0.3, -0.25) is 0 Å². The molecule has 5 nitrogen and oxygen atoms in total. The minimum absolute atomic E-state index is 1.06. The number of nitrogens with zero attached hydrogens (tertiary/aromatic N) is 2. The Labute approximate surface area is 220 Å². The number of hydrogen-bond acceptors (Lipinski definition) is 3. The number of quaternary nitrogens is 2. The van der Waals surface area contributed by atoms with Gasteiger partial charge in [-0.2, -0.15) is 0 Å². The van der Waals surface area contributed by atoms with Gasteiger partial charge in [-0.05, 0) is 66.9 Å². The largest absolute Gasteiger partial charge is 0.652 e. The summed E-state index contributed by atoms with van der Waals surface area (Å²) in [6, 6.07) is 17.4. The summed E-state index contributed by atoms with van der Waals surface area (Å²) < 4.78 is 2.13. The van der Waals surface area contributed by atoms with Gasteiger partial charge in [-0.25, -0.2) is 0 Å². The maximum absolute atomic E-state index is 8.33. The molecule has 0 saturated heterocycles. The summed E-state index contributed by atoms with van der Waals surface area (Å²) in [6.45, 7) is 10.0. The number of aryl methyl sites for hydroxylation is 2. The van der Waals surface area contributed by atoms with Crippen molar-refractivity contribution in [3.63, 3.8) is 0 Å². The molecule has 0 aromatic heterocycles. The van der Waals surface area contributed by atoms with Crippen LogP contribution in [0.15, 0.2) is 61.7 Å². The van der Waals surface area contributed by atoms with Crippen molar-refractivity contribution in [3.05, 3.63) is 83.9 Å². The Balaban J connectivity index is 0.000000593. The Morgan fingerprint density at radius 3 is 1.14 bits per heavy atom. The molecule has 2 aromatic carbocycles. The van der Waals surface area contributed by atoms with Gasteiger partial charge in [0.2, 0.25) is 0 Å². The fraction of sp³-hybridized carbons (Fsp3) is 0.452. The van der Waals surface area contributed by atoms with Crippen molar-refractivity contribution in [2.24, 2.45) is 0 Å². The van der Waals surface area contributed by atoms with Crippen LogP contribution in [-0.4, -0.2) is 70.5 Å². The molecule has 0 saturated carbocycles. The minimum Gasteiger partial charge on any atom is -0.652 e. The normalized spacial score (nSPS) is 10.8. The van der Waals surface area contributed by atoms with Crippen LogP contribution < -0.4 is 10.2 Å². The Hall–Kier alpha value is -2.89. The van der Waals surface area contributed by atoms with Crippen LogP contribution >= 0.6 is 0 Å². The molecule has 0 bridgehead atoms. The monoisotopic (exact) mass is 496 g/mol. The maximum Gasteiger partial charge on any atom is 0.0780 e. The van der Waals surface area contributed by atoms with Crippen LogP contribution in [0.5, 0.6) is 0 Å². The van der Waals surface area contributed by atoms with Crippen molar-refractivity contribution in [1.29, 1.82) is 0 Å². The summed E-state index contributed by atoms with van der Waals surface area (Å²) in [6.07, 6.45) is 8.99. The van der Waals surface area contributed by atoms with E-state index in [9.17, 15) is 0 Å². The van der Waals surface area contributed by atoms with Gasteiger partial charge in [-0.15, -0.1) is 0 Å². The predicted octanol–water partition coefficient (Wildman–Crippen LogP) is 4.27. The lowest BCUT2D eigenvalue weighted by atomic mass is 10.1. The first kappa shape index (κ1) is 33.1. The second-order valence-electron chi connectivity index (χ2n) is 11.1. The Morgan fingerprint density at radius 2 is 0.917 bits per heavy atom. The molecule has 0 aliphatic carbocycles. The van der Waals surface area contributed by atoms with E-state index in [-0.39, 0.29) is 0 Å². The molecule has 2 rings (SSSR count). The lowest BCUT2D eigenvalue weighted by Crippen LogP contribution is -2.37. The summed E-state index contributed by atoms with van der Waals surface area (Å²) in [5.41, 5.74) is 5.28. The maximum atomic E-state index is 8.33. The zero-order chi connectivity index (χ0) is 27.6. The van der Waals surface area contributed by atoms with Crippen molar-refractivity contribution >= 4 is 18.3 Å². The number of carbonyl (C=O) groups is 1. The van der Waals surface area contributed by atoms with E-state index in [1.54, 1.807) is 0 Å². The van der Waals surface area contributed by atoms with Crippen molar-refractivity contribution in [3.8, 4) is 0 Å². The highest BCUT2D eigenvalue weighted by Crippen LogP contribution is 2.10. The van der Waals surface area contributed by atoms with E-state index in [0.29, 0.717) is 0 Å². The quantitative estimate of drug-likeness (QED) is 0.326. The highest BCUT2D eigenvalue weighted by atomic mass is 16.6. The number of unbranched alkanes of at least 4 members (excludes halogenated alkanes) is 2. The highest BCUT2D eigenvalue weighted by molar-refractivity contribution is 5.48. The molecule has 0 amide bonds. The third-order valence-electron chi connectivity index (χ3n) is 5.52. The van der Waals surface area contributed by atoms with Crippen LogP contribution in [-0.2, 0) is 12.8 Å². The van der Waals surface area contributed by atoms with Gasteiger partial charge < -0.3 is 24.0 Å². The summed E-state index contributed by atoms with van der Waals surface area (Å²) in [5.74, 6) is 0. The van der Waals surface area contributed by atoms with Crippen LogP contribution in [0.2, 0.25) is 0 Å². The molecule has 0 heterocycles. The average Bonchev–Trinajstić information content (AvgIpc) is 2.79. The van der Waals surface area contributed by atoms with Crippen molar-refractivity contribution in [1.82, 2.24) is 0 Å². The second-order valence-corrected chi connectivity index (χ2v) is 11.1. The third-order valence-corrected chi connectivity index (χ3v) is 5.52. The molecule has 0 atom stereocenters. The lowest BCUT2D eigenvalue weighted by Gasteiger charge is -2.23. The molecule has 0 spiro atoms. The number of rotatable bonds is 12. The van der Waals surface area contributed by atoms with Gasteiger partial charge >= 0.3 is 0 Å². The van der Waals surface area contributed by atoms with E-state index < -0.39 is 6.16 Å². The van der Waals surface area contributed by atoms with Crippen LogP contribution in [0.3, 0.4) is 0 Å². The standard InChI is InChI=1S/2C15H24N.CH2O3/c2*1-5-14-9-11-15(12-10-14)8-6-7-13-16(2,3)4;2-1(3)4/h2*5,9-12H,1,6-8,13H2,2-4H3;(H2,2,3,4)/q2*+1;/p-2. The molecule has 0 N–H and O–H groups in total. The predicted molar refractivity (Wildman–Crippen MR) is 150 cm³/mol. The molecule has 0 fully saturated rings. The molecule has 36 heavy (non-hydrogen) atoms. The molecule has 0 aliphatic heterocycles. The van der Waals surface area contributed by atoms with Crippen molar-refractivity contribution in [2.45, 2.75) is 38.5 Å². The zero-order valence-corrected chi connectivity index (χ0v) is 23.5. The highest BCUT2D eigenvalue weighted by Gasteiger charge is 2.06. The molecular formula is C31H48N2O3. The molecule has 0 radical (unpaired) electrons. The summed E-state index contributed by atoms with van der Waals surface area (Å²) in [4.78, 5) is 8.33. The average molecular weight is 497 g/mol. The van der Waals surface area contributed by atoms with E-state index in [1.807, 2.05) is 12.2 Å². The number of carbonyl (C=O) groups excluding carboxylic acids is 1. The Morgan fingerprint density at radius 1 is 0.639 bits per heavy atom. The van der Waals surface area contributed by atoms with E-state index in [2.05, 4.69) is 104 Å². The second kappa shape index (κ2) is 17.5. The van der Waals surface area contributed by atoms with Crippen molar-refractivity contribution in [2.75, 3.05) is 55.4 Å². The van der Waals surface area contributed by atoms with Crippen LogP contribution in [0.25, 0.3) is 12.2 Å². The molecule has 2 aromatic rings. The van der Waals surface area contributed by atoms with Gasteiger partial charge in [0.05, 0.1) is 55.4 Å². The van der Waals surface area contributed by atoms with Gasteiger partial charge in [0.25, 0.3) is 0 Å². The Bertz CT molecular complexity index is 801. The summed E-state index contributed by atoms with van der Waals surface area (Å²) in [5, 5.41) is 16.7. The van der Waals surface area contributed by atoms with Crippen molar-refractivity contribution < 1.29 is 24.0 Å². The first-order chi connectivity index (χ1) is 16.8. The van der Waals surface area contributed by atoms with E-state index >= 15 is 0 Å². The Kier molecular flexibility index (Phi) is 16.1. The van der Waals surface area contributed by atoms with E-state index in [1.165, 1.54) is 73.9 Å². The third kappa shape index (κ3) is 20.5. The van der Waals surface area contributed by atoms with Gasteiger partial charge in [-0.1, -0.05) is 73.8 Å². The summed E-state index contributed by atoms with van der Waals surface area (Å²) >= 11 is 0. The number of carboxylic acid groups (broad SMARTS) is 2. The number of benzene rings is 2. The van der Waals surface area contributed by atoms with Gasteiger partial charge in [0, 0.05) is 0 Å². The molecule has 0 unspecified atom stereocenters. The van der Waals surface area contributed by atoms with E-state index in [0.717, 1.165) is 8.97 Å². The molecular weight excluding hydrogens is 448 g/mol. The van der Waals surface area contributed by atoms with Crippen LogP contribution in [0.1, 0.15) is 47.9 Å². The van der Waals surface area contributed by atoms with Gasteiger partial charge in [0.15, 0.2) is 0 Å². The molecule has 0 aliphatic rings. The first-order valence-electron chi connectivity index (χ1n) is 12.7. The number of hydrogen-bond donors (Lipinski definition) is 0. The van der Waals surface area contributed by atoms with E-state index in [4.69, 9.17) is 15.0 Å². The minimum atomic E-state index is -2.33. The van der Waals surface area contributed by atoms with Crippen LogP contribution in [0, 0.1) is 0 Å². The fourth-order valence-corrected chi connectivity index (χ4v) is 3.47. The SMILES string of the molecule is C=Cc1ccc(CCCC[N+](C)(C)C)cc1.C=Cc1ccc(CCCC[N+](C)(C)C)cc1.O=C([O-])[O-]. The van der Waals surface area contributed by atoms with Crippen LogP contribution in [0.4, 0.5) is 4.79 Å². The van der Waals surface area contributed by atoms with Gasteiger partial charge in [0.1, 0.15) is 0 Å². The molecule has 200 valence electrons.